The van der Waals surface area contributed by atoms with Gasteiger partial charge in [0.2, 0.25) is 5.91 Å². The number of ether oxygens (including phenoxy) is 2. The number of aromatic carboxylic acids is 1. The van der Waals surface area contributed by atoms with Crippen LogP contribution < -0.4 is 14.4 Å². The van der Waals surface area contributed by atoms with E-state index in [0.29, 0.717) is 37.3 Å². The third kappa shape index (κ3) is 6.95. The fourth-order valence-electron chi connectivity index (χ4n) is 4.79. The molecule has 222 valence electrons. The van der Waals surface area contributed by atoms with Gasteiger partial charge in [0.1, 0.15) is 13.2 Å². The van der Waals surface area contributed by atoms with Crippen LogP contribution in [0.25, 0.3) is 6.08 Å². The fourth-order valence-corrected chi connectivity index (χ4v) is 5.90. The first-order chi connectivity index (χ1) is 20.7. The molecule has 0 unspecified atom stereocenters. The average Bonchev–Trinajstić information content (AvgIpc) is 3.27. The highest BCUT2D eigenvalue weighted by atomic mass is 35.5. The molecule has 3 amide bonds. The molecule has 12 heteroatoms. The summed E-state index contributed by atoms with van der Waals surface area (Å²) in [4.78, 5) is 55.1. The number of thioether (sulfide) groups is 1. The van der Waals surface area contributed by atoms with Crippen LogP contribution in [0, 0.1) is 0 Å². The maximum Gasteiger partial charge on any atom is 0.335 e. The molecule has 2 fully saturated rings. The summed E-state index contributed by atoms with van der Waals surface area (Å²) in [6.07, 6.45) is 1.52. The lowest BCUT2D eigenvalue weighted by atomic mass is 10.1. The van der Waals surface area contributed by atoms with Gasteiger partial charge in [-0.15, -0.1) is 0 Å². The van der Waals surface area contributed by atoms with Gasteiger partial charge in [-0.2, -0.15) is 0 Å². The topological polar surface area (TPSA) is 117 Å². The van der Waals surface area contributed by atoms with Crippen molar-refractivity contribution in [2.24, 2.45) is 0 Å². The molecule has 0 saturated carbocycles. The third-order valence-corrected chi connectivity index (χ3v) is 8.22. The zero-order valence-electron chi connectivity index (χ0n) is 23.2. The van der Waals surface area contributed by atoms with E-state index in [1.165, 1.54) is 25.3 Å². The minimum absolute atomic E-state index is 0.0464. The van der Waals surface area contributed by atoms with E-state index < -0.39 is 17.1 Å². The fraction of sp³-hybridized carbons (Fsp3) is 0.226. The summed E-state index contributed by atoms with van der Waals surface area (Å²) in [6, 6.07) is 19.5. The smallest absolute Gasteiger partial charge is 0.335 e. The normalized spacial score (nSPS) is 16.1. The second-order valence-electron chi connectivity index (χ2n) is 9.80. The molecule has 0 bridgehead atoms. The SMILES string of the molecule is COc1cc(/C=C2/SC(=O)N(CC(=O)N3CCN(c4ccccc4)CC3)C2=O)cc(Cl)c1OCc1cccc(C(=O)O)c1. The molecule has 0 radical (unpaired) electrons. The molecule has 43 heavy (non-hydrogen) atoms. The van der Waals surface area contributed by atoms with Gasteiger partial charge in [-0.1, -0.05) is 41.9 Å². The highest BCUT2D eigenvalue weighted by Crippen LogP contribution is 2.39. The van der Waals surface area contributed by atoms with Crippen molar-refractivity contribution in [3.05, 3.63) is 93.3 Å². The van der Waals surface area contributed by atoms with Crippen LogP contribution in [-0.2, 0) is 16.2 Å². The Labute approximate surface area is 257 Å². The summed E-state index contributed by atoms with van der Waals surface area (Å²) >= 11 is 7.25. The lowest BCUT2D eigenvalue weighted by molar-refractivity contribution is -0.136. The van der Waals surface area contributed by atoms with Gasteiger partial charge < -0.3 is 24.4 Å². The Morgan fingerprint density at radius 3 is 2.44 bits per heavy atom. The van der Waals surface area contributed by atoms with E-state index in [1.807, 2.05) is 30.3 Å². The Morgan fingerprint density at radius 2 is 1.74 bits per heavy atom. The van der Waals surface area contributed by atoms with E-state index in [0.717, 1.165) is 22.3 Å². The highest BCUT2D eigenvalue weighted by molar-refractivity contribution is 8.18. The first-order valence-electron chi connectivity index (χ1n) is 13.4. The van der Waals surface area contributed by atoms with Crippen LogP contribution in [0.1, 0.15) is 21.5 Å². The molecule has 3 aromatic rings. The number of carbonyl (C=O) groups excluding carboxylic acids is 3. The number of para-hydroxylation sites is 1. The Balaban J connectivity index is 1.23. The van der Waals surface area contributed by atoms with Crippen molar-refractivity contribution < 1.29 is 33.8 Å². The Kier molecular flexibility index (Phi) is 9.22. The van der Waals surface area contributed by atoms with E-state index in [2.05, 4.69) is 4.90 Å². The van der Waals surface area contributed by atoms with Gasteiger partial charge in [-0.3, -0.25) is 19.3 Å². The molecular formula is C31H28ClN3O7S. The lowest BCUT2D eigenvalue weighted by Gasteiger charge is -2.36. The molecule has 10 nitrogen and oxygen atoms in total. The Morgan fingerprint density at radius 1 is 1.00 bits per heavy atom. The van der Waals surface area contributed by atoms with E-state index in [4.69, 9.17) is 21.1 Å². The molecule has 5 rings (SSSR count). The first kappa shape index (κ1) is 30.0. The number of amides is 3. The zero-order chi connectivity index (χ0) is 30.5. The molecule has 2 aliphatic rings. The van der Waals surface area contributed by atoms with Crippen LogP contribution in [0.15, 0.2) is 71.6 Å². The van der Waals surface area contributed by atoms with E-state index in [1.54, 1.807) is 29.2 Å². The third-order valence-electron chi connectivity index (χ3n) is 7.03. The summed E-state index contributed by atoms with van der Waals surface area (Å²) in [5.41, 5.74) is 2.35. The van der Waals surface area contributed by atoms with Crippen molar-refractivity contribution in [2.75, 3.05) is 44.7 Å². The molecule has 0 aromatic heterocycles. The number of methoxy groups -OCH3 is 1. The van der Waals surface area contributed by atoms with Gasteiger partial charge >= 0.3 is 5.97 Å². The molecule has 3 aromatic carbocycles. The molecular weight excluding hydrogens is 594 g/mol. The molecule has 0 aliphatic carbocycles. The number of halogens is 1. The van der Waals surface area contributed by atoms with E-state index in [9.17, 15) is 24.3 Å². The minimum Gasteiger partial charge on any atom is -0.493 e. The van der Waals surface area contributed by atoms with Gasteiger partial charge in [0.05, 0.1) is 22.6 Å². The number of benzene rings is 3. The maximum atomic E-state index is 13.1. The van der Waals surface area contributed by atoms with Crippen LogP contribution >= 0.6 is 23.4 Å². The quantitative estimate of drug-likeness (QED) is 0.329. The van der Waals surface area contributed by atoms with E-state index in [-0.39, 0.29) is 46.0 Å². The van der Waals surface area contributed by atoms with Crippen LogP contribution in [-0.4, -0.2) is 77.8 Å². The minimum atomic E-state index is -1.04. The second kappa shape index (κ2) is 13.2. The largest absolute Gasteiger partial charge is 0.493 e. The van der Waals surface area contributed by atoms with Crippen molar-refractivity contribution in [2.45, 2.75) is 6.61 Å². The Hall–Kier alpha value is -4.48. The second-order valence-corrected chi connectivity index (χ2v) is 11.2. The maximum absolute atomic E-state index is 13.1. The van der Waals surface area contributed by atoms with Gasteiger partial charge in [-0.25, -0.2) is 4.79 Å². The Bertz CT molecular complexity index is 1590. The number of nitrogens with zero attached hydrogens (tertiary/aromatic N) is 3. The number of carboxylic acids is 1. The number of carboxylic acid groups (broad SMARTS) is 1. The van der Waals surface area contributed by atoms with Gasteiger partial charge in [0, 0.05) is 31.9 Å². The zero-order valence-corrected chi connectivity index (χ0v) is 24.8. The number of hydrogen-bond acceptors (Lipinski definition) is 8. The monoisotopic (exact) mass is 621 g/mol. The molecule has 2 aliphatic heterocycles. The number of hydrogen-bond donors (Lipinski definition) is 1. The van der Waals surface area contributed by atoms with Crippen LogP contribution in [0.2, 0.25) is 5.02 Å². The van der Waals surface area contributed by atoms with Crippen molar-refractivity contribution in [1.29, 1.82) is 0 Å². The summed E-state index contributed by atoms with van der Waals surface area (Å²) in [5, 5.41) is 8.89. The van der Waals surface area contributed by atoms with Crippen molar-refractivity contribution in [1.82, 2.24) is 9.80 Å². The predicted octanol–water partition coefficient (Wildman–Crippen LogP) is 5.01. The van der Waals surface area contributed by atoms with Crippen molar-refractivity contribution in [3.8, 4) is 11.5 Å². The molecule has 1 N–H and O–H groups in total. The van der Waals surface area contributed by atoms with Gasteiger partial charge in [-0.05, 0) is 65.4 Å². The number of piperazine rings is 1. The first-order valence-corrected chi connectivity index (χ1v) is 14.6. The predicted molar refractivity (Wildman–Crippen MR) is 164 cm³/mol. The van der Waals surface area contributed by atoms with E-state index >= 15 is 0 Å². The van der Waals surface area contributed by atoms with Crippen LogP contribution in [0.3, 0.4) is 0 Å². The van der Waals surface area contributed by atoms with Crippen LogP contribution in [0.4, 0.5) is 10.5 Å². The molecule has 2 saturated heterocycles. The summed E-state index contributed by atoms with van der Waals surface area (Å²) < 4.78 is 11.3. The number of imide groups is 1. The summed E-state index contributed by atoms with van der Waals surface area (Å²) in [6.45, 7) is 2.04. The summed E-state index contributed by atoms with van der Waals surface area (Å²) in [7, 11) is 1.44. The highest BCUT2D eigenvalue weighted by Gasteiger charge is 2.37. The number of rotatable bonds is 9. The number of carbonyl (C=O) groups is 4. The van der Waals surface area contributed by atoms with Crippen molar-refractivity contribution >= 4 is 58.1 Å². The van der Waals surface area contributed by atoms with Crippen molar-refractivity contribution in [3.63, 3.8) is 0 Å². The molecule has 0 spiro atoms. The van der Waals surface area contributed by atoms with Gasteiger partial charge in [0.25, 0.3) is 11.1 Å². The molecule has 0 atom stereocenters. The number of anilines is 1. The summed E-state index contributed by atoms with van der Waals surface area (Å²) in [5.74, 6) is -1.35. The molecule has 2 heterocycles. The lowest BCUT2D eigenvalue weighted by Crippen LogP contribution is -2.51. The van der Waals surface area contributed by atoms with Crippen LogP contribution in [0.5, 0.6) is 11.5 Å². The average molecular weight is 622 g/mol. The standard InChI is InChI=1S/C31H28ClN3O7S/c1-41-25-16-21(15-24(32)28(25)42-19-20-6-5-7-22(14-20)30(38)39)17-26-29(37)35(31(40)43-26)18-27(36)34-12-10-33(11-13-34)23-8-3-2-4-9-23/h2-9,14-17H,10-13,18-19H2,1H3,(H,38,39)/b26-17+. The van der Waals surface area contributed by atoms with Gasteiger partial charge in [0.15, 0.2) is 11.5 Å².